The predicted octanol–water partition coefficient (Wildman–Crippen LogP) is 2.31. The van der Waals surface area contributed by atoms with Gasteiger partial charge >= 0.3 is 0 Å². The van der Waals surface area contributed by atoms with Crippen LogP contribution in [0.15, 0.2) is 54.6 Å². The first kappa shape index (κ1) is 17.0. The molecule has 0 aliphatic rings. The largest absolute Gasteiger partial charge is 0.494 e. The van der Waals surface area contributed by atoms with Crippen molar-refractivity contribution >= 4 is 5.91 Å². The highest BCUT2D eigenvalue weighted by molar-refractivity contribution is 5.81. The van der Waals surface area contributed by atoms with Crippen molar-refractivity contribution in [2.75, 3.05) is 13.2 Å². The molecule has 0 saturated heterocycles. The van der Waals surface area contributed by atoms with Crippen molar-refractivity contribution in [3.8, 4) is 5.75 Å². The van der Waals surface area contributed by atoms with Crippen LogP contribution in [-0.2, 0) is 17.6 Å². The standard InChI is InChI=1S/C19H24N2O2/c1-2-23-18-11-7-6-10-16(18)12-13-21-19(22)17(20)14-15-8-4-3-5-9-15/h3-11,17H,2,12-14,20H2,1H3,(H,21,22)/t17-/m0/s1. The lowest BCUT2D eigenvalue weighted by molar-refractivity contribution is -0.122. The normalized spacial score (nSPS) is 11.7. The van der Waals surface area contributed by atoms with Crippen molar-refractivity contribution in [3.63, 3.8) is 0 Å². The molecule has 23 heavy (non-hydrogen) atoms. The van der Waals surface area contributed by atoms with Crippen LogP contribution in [0.5, 0.6) is 5.75 Å². The van der Waals surface area contributed by atoms with E-state index in [1.54, 1.807) is 0 Å². The van der Waals surface area contributed by atoms with Gasteiger partial charge in [0.05, 0.1) is 12.6 Å². The van der Waals surface area contributed by atoms with Crippen LogP contribution in [0.2, 0.25) is 0 Å². The third-order valence-electron chi connectivity index (χ3n) is 3.60. The number of nitrogens with two attached hydrogens (primary N) is 1. The SMILES string of the molecule is CCOc1ccccc1CCNC(=O)[C@@H](N)Cc1ccccc1. The molecule has 1 amide bonds. The van der Waals surface area contributed by atoms with E-state index in [0.717, 1.165) is 23.3 Å². The topological polar surface area (TPSA) is 64.3 Å². The number of ether oxygens (including phenoxy) is 1. The van der Waals surface area contributed by atoms with Gasteiger partial charge in [0, 0.05) is 6.54 Å². The van der Waals surface area contributed by atoms with Crippen molar-refractivity contribution in [2.24, 2.45) is 5.73 Å². The minimum atomic E-state index is -0.528. The third kappa shape index (κ3) is 5.42. The van der Waals surface area contributed by atoms with E-state index in [2.05, 4.69) is 5.32 Å². The summed E-state index contributed by atoms with van der Waals surface area (Å²) >= 11 is 0. The fourth-order valence-electron chi connectivity index (χ4n) is 2.42. The molecule has 3 N–H and O–H groups in total. The number of hydrogen-bond donors (Lipinski definition) is 2. The van der Waals surface area contributed by atoms with Gasteiger partial charge < -0.3 is 15.8 Å². The molecular formula is C19H24N2O2. The molecule has 0 radical (unpaired) electrons. The number of rotatable bonds is 8. The molecular weight excluding hydrogens is 288 g/mol. The maximum absolute atomic E-state index is 12.1. The Morgan fingerprint density at radius 2 is 1.83 bits per heavy atom. The summed E-state index contributed by atoms with van der Waals surface area (Å²) in [6.07, 6.45) is 1.27. The quantitative estimate of drug-likeness (QED) is 0.786. The van der Waals surface area contributed by atoms with Gasteiger partial charge in [0.1, 0.15) is 5.75 Å². The van der Waals surface area contributed by atoms with Crippen molar-refractivity contribution in [1.29, 1.82) is 0 Å². The van der Waals surface area contributed by atoms with E-state index in [9.17, 15) is 4.79 Å². The lowest BCUT2D eigenvalue weighted by Gasteiger charge is -2.13. The summed E-state index contributed by atoms with van der Waals surface area (Å²) in [7, 11) is 0. The lowest BCUT2D eigenvalue weighted by atomic mass is 10.1. The summed E-state index contributed by atoms with van der Waals surface area (Å²) < 4.78 is 5.58. The highest BCUT2D eigenvalue weighted by Gasteiger charge is 2.13. The summed E-state index contributed by atoms with van der Waals surface area (Å²) in [6.45, 7) is 3.14. The molecule has 122 valence electrons. The van der Waals surface area contributed by atoms with E-state index in [1.165, 1.54) is 0 Å². The first-order valence-electron chi connectivity index (χ1n) is 7.98. The number of amides is 1. The van der Waals surface area contributed by atoms with E-state index < -0.39 is 6.04 Å². The second kappa shape index (κ2) is 8.96. The van der Waals surface area contributed by atoms with Crippen LogP contribution in [0.3, 0.4) is 0 Å². The van der Waals surface area contributed by atoms with Crippen molar-refractivity contribution < 1.29 is 9.53 Å². The molecule has 0 aliphatic heterocycles. The number of hydrogen-bond acceptors (Lipinski definition) is 3. The van der Waals surface area contributed by atoms with Crippen LogP contribution < -0.4 is 15.8 Å². The van der Waals surface area contributed by atoms with Crippen molar-refractivity contribution in [3.05, 3.63) is 65.7 Å². The maximum atomic E-state index is 12.1. The summed E-state index contributed by atoms with van der Waals surface area (Å²) in [6, 6.07) is 17.2. The van der Waals surface area contributed by atoms with E-state index in [-0.39, 0.29) is 5.91 Å². The Labute approximate surface area is 137 Å². The highest BCUT2D eigenvalue weighted by atomic mass is 16.5. The van der Waals surface area contributed by atoms with Gasteiger partial charge in [-0.15, -0.1) is 0 Å². The van der Waals surface area contributed by atoms with Gasteiger partial charge in [0.2, 0.25) is 5.91 Å². The van der Waals surface area contributed by atoms with E-state index in [4.69, 9.17) is 10.5 Å². The Morgan fingerprint density at radius 3 is 2.57 bits per heavy atom. The Balaban J connectivity index is 1.80. The zero-order chi connectivity index (χ0) is 16.5. The Hall–Kier alpha value is -2.33. The van der Waals surface area contributed by atoms with Crippen LogP contribution >= 0.6 is 0 Å². The van der Waals surface area contributed by atoms with Crippen LogP contribution in [0.4, 0.5) is 0 Å². The smallest absolute Gasteiger partial charge is 0.237 e. The molecule has 2 aromatic rings. The van der Waals surface area contributed by atoms with Gasteiger partial charge in [-0.05, 0) is 37.0 Å². The Morgan fingerprint density at radius 1 is 1.13 bits per heavy atom. The summed E-state index contributed by atoms with van der Waals surface area (Å²) in [4.78, 5) is 12.1. The highest BCUT2D eigenvalue weighted by Crippen LogP contribution is 2.17. The molecule has 0 aliphatic carbocycles. The van der Waals surface area contributed by atoms with Gasteiger partial charge in [0.25, 0.3) is 0 Å². The van der Waals surface area contributed by atoms with Crippen molar-refractivity contribution in [2.45, 2.75) is 25.8 Å². The molecule has 0 heterocycles. The summed E-state index contributed by atoms with van der Waals surface area (Å²) in [5, 5.41) is 2.90. The fourth-order valence-corrected chi connectivity index (χ4v) is 2.42. The van der Waals surface area contributed by atoms with Gasteiger partial charge in [-0.3, -0.25) is 4.79 Å². The molecule has 4 nitrogen and oxygen atoms in total. The molecule has 0 unspecified atom stereocenters. The number of carbonyl (C=O) groups excluding carboxylic acids is 1. The molecule has 2 aromatic carbocycles. The van der Waals surface area contributed by atoms with E-state index in [1.807, 2.05) is 61.5 Å². The van der Waals surface area contributed by atoms with Gasteiger partial charge in [0.15, 0.2) is 0 Å². The third-order valence-corrected chi connectivity index (χ3v) is 3.60. The average Bonchev–Trinajstić information content (AvgIpc) is 2.57. The number of benzene rings is 2. The first-order valence-corrected chi connectivity index (χ1v) is 7.98. The lowest BCUT2D eigenvalue weighted by Crippen LogP contribution is -2.42. The van der Waals surface area contributed by atoms with Crippen molar-refractivity contribution in [1.82, 2.24) is 5.32 Å². The summed E-state index contributed by atoms with van der Waals surface area (Å²) in [5.41, 5.74) is 8.13. The molecule has 0 bridgehead atoms. The van der Waals surface area contributed by atoms with E-state index in [0.29, 0.717) is 19.6 Å². The van der Waals surface area contributed by atoms with Crippen LogP contribution in [-0.4, -0.2) is 25.1 Å². The fraction of sp³-hybridized carbons (Fsp3) is 0.316. The van der Waals surface area contributed by atoms with Gasteiger partial charge in [-0.25, -0.2) is 0 Å². The van der Waals surface area contributed by atoms with Gasteiger partial charge in [-0.2, -0.15) is 0 Å². The first-order chi connectivity index (χ1) is 11.2. The minimum absolute atomic E-state index is 0.122. The van der Waals surface area contributed by atoms with Crippen LogP contribution in [0, 0.1) is 0 Å². The predicted molar refractivity (Wildman–Crippen MR) is 92.4 cm³/mol. The Bertz CT molecular complexity index is 614. The van der Waals surface area contributed by atoms with Gasteiger partial charge in [-0.1, -0.05) is 48.5 Å². The molecule has 0 fully saturated rings. The zero-order valence-electron chi connectivity index (χ0n) is 13.5. The summed E-state index contributed by atoms with van der Waals surface area (Å²) in [5.74, 6) is 0.751. The monoisotopic (exact) mass is 312 g/mol. The molecule has 4 heteroatoms. The molecule has 0 spiro atoms. The molecule has 0 saturated carbocycles. The molecule has 1 atom stereocenters. The van der Waals surface area contributed by atoms with Crippen LogP contribution in [0.25, 0.3) is 0 Å². The number of nitrogens with one attached hydrogen (secondary N) is 1. The average molecular weight is 312 g/mol. The molecule has 2 rings (SSSR count). The second-order valence-electron chi connectivity index (χ2n) is 5.38. The van der Waals surface area contributed by atoms with Crippen LogP contribution in [0.1, 0.15) is 18.1 Å². The second-order valence-corrected chi connectivity index (χ2v) is 5.38. The number of para-hydroxylation sites is 1. The minimum Gasteiger partial charge on any atom is -0.494 e. The Kier molecular flexibility index (Phi) is 6.63. The molecule has 0 aromatic heterocycles. The van der Waals surface area contributed by atoms with E-state index >= 15 is 0 Å². The zero-order valence-corrected chi connectivity index (χ0v) is 13.5. The number of carbonyl (C=O) groups is 1. The maximum Gasteiger partial charge on any atom is 0.237 e.